The van der Waals surface area contributed by atoms with Gasteiger partial charge in [0.25, 0.3) is 0 Å². The molecule has 4 heteroatoms. The van der Waals surface area contributed by atoms with Gasteiger partial charge in [0.2, 0.25) is 0 Å². The minimum Gasteiger partial charge on any atom is -0.396 e. The lowest BCUT2D eigenvalue weighted by Gasteiger charge is -2.36. The molecule has 1 aliphatic carbocycles. The summed E-state index contributed by atoms with van der Waals surface area (Å²) in [5.41, 5.74) is 4.19. The van der Waals surface area contributed by atoms with Crippen LogP contribution in [0.15, 0.2) is 30.5 Å². The Kier molecular flexibility index (Phi) is 5.13. The van der Waals surface area contributed by atoms with E-state index in [2.05, 4.69) is 45.8 Å². The number of aliphatic hydroxyl groups excluding tert-OH is 1. The highest BCUT2D eigenvalue weighted by Gasteiger charge is 2.26. The van der Waals surface area contributed by atoms with Gasteiger partial charge in [0.1, 0.15) is 5.82 Å². The van der Waals surface area contributed by atoms with Crippen LogP contribution >= 0.6 is 0 Å². The molecule has 0 saturated carbocycles. The van der Waals surface area contributed by atoms with Crippen molar-refractivity contribution in [1.82, 2.24) is 14.5 Å². The minimum absolute atomic E-state index is 0.245. The number of hydrogen-bond acceptors (Lipinski definition) is 3. The second kappa shape index (κ2) is 7.28. The molecule has 0 amide bonds. The molecule has 0 fully saturated rings. The Morgan fingerprint density at radius 1 is 1.35 bits per heavy atom. The zero-order valence-electron chi connectivity index (χ0n) is 14.2. The zero-order chi connectivity index (χ0) is 16.2. The van der Waals surface area contributed by atoms with Crippen LogP contribution in [0, 0.1) is 6.92 Å². The second-order valence-corrected chi connectivity index (χ2v) is 6.51. The van der Waals surface area contributed by atoms with Gasteiger partial charge in [-0.1, -0.05) is 24.3 Å². The van der Waals surface area contributed by atoms with Crippen molar-refractivity contribution < 1.29 is 5.11 Å². The molecule has 1 unspecified atom stereocenters. The summed E-state index contributed by atoms with van der Waals surface area (Å²) in [5.74, 6) is 1.05. The van der Waals surface area contributed by atoms with Crippen molar-refractivity contribution in [3.05, 3.63) is 53.1 Å². The maximum Gasteiger partial charge on any atom is 0.105 e. The first-order valence-corrected chi connectivity index (χ1v) is 8.60. The third-order valence-electron chi connectivity index (χ3n) is 5.06. The first kappa shape index (κ1) is 16.2. The molecule has 0 radical (unpaired) electrons. The Balaban J connectivity index is 1.86. The average Bonchev–Trinajstić information content (AvgIpc) is 2.90. The minimum atomic E-state index is 0.245. The fourth-order valence-corrected chi connectivity index (χ4v) is 3.63. The Morgan fingerprint density at radius 2 is 2.17 bits per heavy atom. The van der Waals surface area contributed by atoms with Gasteiger partial charge in [0.15, 0.2) is 0 Å². The molecule has 1 N–H and O–H groups in total. The number of nitrogens with zero attached hydrogens (tertiary/aromatic N) is 3. The molecule has 4 nitrogen and oxygen atoms in total. The highest BCUT2D eigenvalue weighted by Crippen LogP contribution is 2.35. The number of aryl methyl sites for hydroxylation is 2. The van der Waals surface area contributed by atoms with E-state index < -0.39 is 0 Å². The molecule has 1 aliphatic rings. The molecule has 124 valence electrons. The molecule has 1 atom stereocenters. The lowest BCUT2D eigenvalue weighted by Crippen LogP contribution is -2.33. The molecule has 1 aromatic heterocycles. The molecular formula is C19H27N3O. The van der Waals surface area contributed by atoms with Crippen molar-refractivity contribution >= 4 is 0 Å². The number of aliphatic hydroxyl groups is 1. The Hall–Kier alpha value is -1.65. The average molecular weight is 313 g/mol. The topological polar surface area (TPSA) is 41.3 Å². The molecule has 0 aliphatic heterocycles. The van der Waals surface area contributed by atoms with Gasteiger partial charge in [-0.3, -0.25) is 4.90 Å². The van der Waals surface area contributed by atoms with Crippen LogP contribution in [-0.2, 0) is 20.0 Å². The number of benzene rings is 1. The SMILES string of the molecule is Cc1ncc(CN(CCCO)C2CCCc3ccccc32)n1C. The van der Waals surface area contributed by atoms with Crippen molar-refractivity contribution in [3.8, 4) is 0 Å². The van der Waals surface area contributed by atoms with E-state index in [9.17, 15) is 5.11 Å². The Morgan fingerprint density at radius 3 is 2.91 bits per heavy atom. The molecule has 0 saturated heterocycles. The summed E-state index contributed by atoms with van der Waals surface area (Å²) < 4.78 is 2.17. The quantitative estimate of drug-likeness (QED) is 0.891. The van der Waals surface area contributed by atoms with Crippen molar-refractivity contribution in [2.75, 3.05) is 13.2 Å². The van der Waals surface area contributed by atoms with E-state index in [0.29, 0.717) is 6.04 Å². The predicted octanol–water partition coefficient (Wildman–Crippen LogP) is 2.99. The van der Waals surface area contributed by atoms with E-state index in [1.165, 1.54) is 36.1 Å². The number of aromatic nitrogens is 2. The summed E-state index contributed by atoms with van der Waals surface area (Å²) in [7, 11) is 2.08. The fourth-order valence-electron chi connectivity index (χ4n) is 3.63. The monoisotopic (exact) mass is 313 g/mol. The molecular weight excluding hydrogens is 286 g/mol. The summed E-state index contributed by atoms with van der Waals surface area (Å²) in [4.78, 5) is 6.94. The van der Waals surface area contributed by atoms with Gasteiger partial charge in [-0.25, -0.2) is 4.98 Å². The first-order chi connectivity index (χ1) is 11.2. The summed E-state index contributed by atoms with van der Waals surface area (Å²) in [6, 6.07) is 9.28. The molecule has 1 aromatic carbocycles. The fraction of sp³-hybridized carbons (Fsp3) is 0.526. The van der Waals surface area contributed by atoms with Gasteiger partial charge in [-0.15, -0.1) is 0 Å². The van der Waals surface area contributed by atoms with Crippen molar-refractivity contribution in [1.29, 1.82) is 0 Å². The lowest BCUT2D eigenvalue weighted by molar-refractivity contribution is 0.149. The van der Waals surface area contributed by atoms with Crippen LogP contribution in [0.5, 0.6) is 0 Å². The molecule has 0 spiro atoms. The van der Waals surface area contributed by atoms with E-state index in [0.717, 1.165) is 25.3 Å². The molecule has 3 rings (SSSR count). The zero-order valence-corrected chi connectivity index (χ0v) is 14.2. The summed E-state index contributed by atoms with van der Waals surface area (Å²) in [6.45, 7) is 4.09. The van der Waals surface area contributed by atoms with Crippen LogP contribution < -0.4 is 0 Å². The molecule has 2 aromatic rings. The van der Waals surface area contributed by atoms with Gasteiger partial charge in [-0.2, -0.15) is 0 Å². The van der Waals surface area contributed by atoms with E-state index >= 15 is 0 Å². The van der Waals surface area contributed by atoms with Crippen LogP contribution in [0.2, 0.25) is 0 Å². The number of rotatable bonds is 6. The van der Waals surface area contributed by atoms with Gasteiger partial charge >= 0.3 is 0 Å². The van der Waals surface area contributed by atoms with Gasteiger partial charge in [-0.05, 0) is 43.7 Å². The van der Waals surface area contributed by atoms with Gasteiger partial charge in [0, 0.05) is 39.0 Å². The number of hydrogen-bond donors (Lipinski definition) is 1. The van der Waals surface area contributed by atoms with Crippen LogP contribution in [-0.4, -0.2) is 32.7 Å². The Labute approximate surface area is 138 Å². The third kappa shape index (κ3) is 3.48. The normalized spacial score (nSPS) is 17.5. The maximum absolute atomic E-state index is 9.29. The standard InChI is InChI=1S/C19H27N3O/c1-15-20-13-17(21(15)2)14-22(11-6-12-23)19-10-5-8-16-7-3-4-9-18(16)19/h3-4,7,9,13,19,23H,5-6,8,10-12,14H2,1-2H3. The largest absolute Gasteiger partial charge is 0.396 e. The lowest BCUT2D eigenvalue weighted by atomic mass is 9.86. The number of fused-ring (bicyclic) bond motifs is 1. The number of imidazole rings is 1. The summed E-state index contributed by atoms with van der Waals surface area (Å²) >= 11 is 0. The van der Waals surface area contributed by atoms with E-state index in [4.69, 9.17) is 0 Å². The highest BCUT2D eigenvalue weighted by atomic mass is 16.3. The van der Waals surface area contributed by atoms with Crippen molar-refractivity contribution in [2.24, 2.45) is 7.05 Å². The predicted molar refractivity (Wildman–Crippen MR) is 92.2 cm³/mol. The van der Waals surface area contributed by atoms with Crippen LogP contribution in [0.1, 0.15) is 47.9 Å². The van der Waals surface area contributed by atoms with Gasteiger partial charge < -0.3 is 9.67 Å². The molecule has 23 heavy (non-hydrogen) atoms. The third-order valence-corrected chi connectivity index (χ3v) is 5.06. The summed E-state index contributed by atoms with van der Waals surface area (Å²) in [5, 5.41) is 9.29. The van der Waals surface area contributed by atoms with Crippen molar-refractivity contribution in [3.63, 3.8) is 0 Å². The van der Waals surface area contributed by atoms with Crippen LogP contribution in [0.3, 0.4) is 0 Å². The highest BCUT2D eigenvalue weighted by molar-refractivity contribution is 5.32. The Bertz CT molecular complexity index is 650. The van der Waals surface area contributed by atoms with Crippen LogP contribution in [0.4, 0.5) is 0 Å². The molecule has 1 heterocycles. The van der Waals surface area contributed by atoms with Crippen LogP contribution in [0.25, 0.3) is 0 Å². The van der Waals surface area contributed by atoms with Crippen molar-refractivity contribution in [2.45, 2.75) is 45.2 Å². The summed E-state index contributed by atoms with van der Waals surface area (Å²) in [6.07, 6.45) is 6.41. The molecule has 0 bridgehead atoms. The van der Waals surface area contributed by atoms with E-state index in [-0.39, 0.29) is 6.61 Å². The smallest absolute Gasteiger partial charge is 0.105 e. The maximum atomic E-state index is 9.29. The van der Waals surface area contributed by atoms with E-state index in [1.807, 2.05) is 13.1 Å². The van der Waals surface area contributed by atoms with Gasteiger partial charge in [0.05, 0.1) is 5.69 Å². The second-order valence-electron chi connectivity index (χ2n) is 6.51. The first-order valence-electron chi connectivity index (χ1n) is 8.60. The van der Waals surface area contributed by atoms with E-state index in [1.54, 1.807) is 0 Å².